The van der Waals surface area contributed by atoms with Crippen LogP contribution >= 0.6 is 11.6 Å². The van der Waals surface area contributed by atoms with Crippen molar-refractivity contribution in [2.45, 2.75) is 19.1 Å². The number of hydrogen-bond donors (Lipinski definition) is 3. The minimum atomic E-state index is -1.21. The van der Waals surface area contributed by atoms with E-state index in [2.05, 4.69) is 5.32 Å². The summed E-state index contributed by atoms with van der Waals surface area (Å²) in [5, 5.41) is 21.5. The standard InChI is InChI=1S/C11H15ClFNO2/c1-11(16,7-15)6-14-5-8-9(12)3-2-4-10(8)13/h2-4,14-16H,5-7H2,1H3. The van der Waals surface area contributed by atoms with E-state index in [4.69, 9.17) is 16.7 Å². The van der Waals surface area contributed by atoms with Gasteiger partial charge in [0.1, 0.15) is 5.82 Å². The molecule has 16 heavy (non-hydrogen) atoms. The molecule has 1 rings (SSSR count). The van der Waals surface area contributed by atoms with Gasteiger partial charge in [-0.3, -0.25) is 0 Å². The predicted octanol–water partition coefficient (Wildman–Crippen LogP) is 1.31. The molecule has 3 nitrogen and oxygen atoms in total. The number of rotatable bonds is 5. The molecule has 1 aromatic carbocycles. The van der Waals surface area contributed by atoms with Crippen LogP contribution in [0.15, 0.2) is 18.2 Å². The number of aliphatic hydroxyl groups is 2. The fourth-order valence-electron chi connectivity index (χ4n) is 1.21. The van der Waals surface area contributed by atoms with Crippen LogP contribution in [0.25, 0.3) is 0 Å². The maximum atomic E-state index is 13.3. The van der Waals surface area contributed by atoms with Crippen LogP contribution in [0.4, 0.5) is 4.39 Å². The Bertz CT molecular complexity index is 338. The monoisotopic (exact) mass is 247 g/mol. The van der Waals surface area contributed by atoms with Gasteiger partial charge in [-0.1, -0.05) is 17.7 Å². The van der Waals surface area contributed by atoms with Gasteiger partial charge >= 0.3 is 0 Å². The molecule has 0 spiro atoms. The summed E-state index contributed by atoms with van der Waals surface area (Å²) in [6, 6.07) is 4.46. The van der Waals surface area contributed by atoms with Gasteiger partial charge in [-0.15, -0.1) is 0 Å². The van der Waals surface area contributed by atoms with Crippen molar-refractivity contribution in [1.82, 2.24) is 5.32 Å². The second-order valence-electron chi connectivity index (χ2n) is 3.96. The lowest BCUT2D eigenvalue weighted by molar-refractivity contribution is 0.00249. The van der Waals surface area contributed by atoms with Gasteiger partial charge in [0.15, 0.2) is 0 Å². The Morgan fingerprint density at radius 1 is 1.50 bits per heavy atom. The van der Waals surface area contributed by atoms with E-state index in [0.717, 1.165) is 0 Å². The molecular weight excluding hydrogens is 233 g/mol. The molecule has 0 radical (unpaired) electrons. The molecule has 1 unspecified atom stereocenters. The van der Waals surface area contributed by atoms with Crippen molar-refractivity contribution < 1.29 is 14.6 Å². The Morgan fingerprint density at radius 2 is 2.19 bits per heavy atom. The average molecular weight is 248 g/mol. The third kappa shape index (κ3) is 3.72. The first kappa shape index (κ1) is 13.4. The molecule has 0 saturated heterocycles. The zero-order chi connectivity index (χ0) is 12.2. The van der Waals surface area contributed by atoms with E-state index in [-0.39, 0.29) is 25.5 Å². The Balaban J connectivity index is 2.56. The Morgan fingerprint density at radius 3 is 2.75 bits per heavy atom. The molecule has 0 aliphatic heterocycles. The molecule has 5 heteroatoms. The normalized spacial score (nSPS) is 14.8. The van der Waals surface area contributed by atoms with E-state index in [1.54, 1.807) is 6.07 Å². The quantitative estimate of drug-likeness (QED) is 0.736. The Labute approximate surface area is 98.9 Å². The summed E-state index contributed by atoms with van der Waals surface area (Å²) < 4.78 is 13.3. The number of benzene rings is 1. The smallest absolute Gasteiger partial charge is 0.129 e. The molecule has 0 heterocycles. The number of halogens is 2. The fraction of sp³-hybridized carbons (Fsp3) is 0.455. The third-order valence-electron chi connectivity index (χ3n) is 2.21. The lowest BCUT2D eigenvalue weighted by Gasteiger charge is -2.20. The SMILES string of the molecule is CC(O)(CO)CNCc1c(F)cccc1Cl. The van der Waals surface area contributed by atoms with E-state index in [1.165, 1.54) is 19.1 Å². The molecule has 0 bridgehead atoms. The van der Waals surface area contributed by atoms with Crippen LogP contribution in [-0.4, -0.2) is 29.0 Å². The zero-order valence-corrected chi connectivity index (χ0v) is 9.76. The molecule has 3 N–H and O–H groups in total. The van der Waals surface area contributed by atoms with Gasteiger partial charge in [0.05, 0.1) is 12.2 Å². The largest absolute Gasteiger partial charge is 0.393 e. The van der Waals surface area contributed by atoms with Crippen LogP contribution in [0.5, 0.6) is 0 Å². The highest BCUT2D eigenvalue weighted by molar-refractivity contribution is 6.31. The zero-order valence-electron chi connectivity index (χ0n) is 9.00. The summed E-state index contributed by atoms with van der Waals surface area (Å²) in [4.78, 5) is 0. The molecular formula is C11H15ClFNO2. The van der Waals surface area contributed by atoms with Crippen molar-refractivity contribution >= 4 is 11.6 Å². The summed E-state index contributed by atoms with van der Waals surface area (Å²) in [5.41, 5.74) is -0.851. The highest BCUT2D eigenvalue weighted by atomic mass is 35.5. The van der Waals surface area contributed by atoms with Crippen molar-refractivity contribution in [3.8, 4) is 0 Å². The van der Waals surface area contributed by atoms with Gasteiger partial charge < -0.3 is 15.5 Å². The molecule has 1 atom stereocenters. The van der Waals surface area contributed by atoms with E-state index in [0.29, 0.717) is 10.6 Å². The molecule has 0 fully saturated rings. The molecule has 1 aromatic rings. The van der Waals surface area contributed by atoms with Gasteiger partial charge in [-0.25, -0.2) is 4.39 Å². The number of aliphatic hydroxyl groups excluding tert-OH is 1. The van der Waals surface area contributed by atoms with Gasteiger partial charge in [0.25, 0.3) is 0 Å². The van der Waals surface area contributed by atoms with Gasteiger partial charge in [0, 0.05) is 23.7 Å². The van der Waals surface area contributed by atoms with Crippen LogP contribution in [0.3, 0.4) is 0 Å². The molecule has 0 aromatic heterocycles. The van der Waals surface area contributed by atoms with Crippen molar-refractivity contribution in [3.63, 3.8) is 0 Å². The van der Waals surface area contributed by atoms with Crippen LogP contribution in [0.1, 0.15) is 12.5 Å². The molecule has 0 saturated carbocycles. The minimum absolute atomic E-state index is 0.161. The van der Waals surface area contributed by atoms with E-state index >= 15 is 0 Å². The molecule has 0 amide bonds. The lowest BCUT2D eigenvalue weighted by Crippen LogP contribution is -2.40. The molecule has 0 aliphatic rings. The first-order valence-electron chi connectivity index (χ1n) is 4.93. The summed E-state index contributed by atoms with van der Waals surface area (Å²) in [5.74, 6) is -0.386. The highest BCUT2D eigenvalue weighted by Crippen LogP contribution is 2.18. The third-order valence-corrected chi connectivity index (χ3v) is 2.56. The van der Waals surface area contributed by atoms with Crippen molar-refractivity contribution in [1.29, 1.82) is 0 Å². The van der Waals surface area contributed by atoms with E-state index in [1.807, 2.05) is 0 Å². The van der Waals surface area contributed by atoms with Crippen LogP contribution in [0.2, 0.25) is 5.02 Å². The van der Waals surface area contributed by atoms with Gasteiger partial charge in [-0.05, 0) is 19.1 Å². The summed E-state index contributed by atoms with van der Waals surface area (Å²) >= 11 is 5.82. The van der Waals surface area contributed by atoms with Crippen molar-refractivity contribution in [2.75, 3.05) is 13.2 Å². The van der Waals surface area contributed by atoms with E-state index in [9.17, 15) is 9.50 Å². The van der Waals surface area contributed by atoms with Crippen molar-refractivity contribution in [2.24, 2.45) is 0 Å². The average Bonchev–Trinajstić information content (AvgIpc) is 2.22. The lowest BCUT2D eigenvalue weighted by atomic mass is 10.1. The van der Waals surface area contributed by atoms with Crippen LogP contribution < -0.4 is 5.32 Å². The maximum Gasteiger partial charge on any atom is 0.129 e. The number of hydrogen-bond acceptors (Lipinski definition) is 3. The molecule has 90 valence electrons. The van der Waals surface area contributed by atoms with Gasteiger partial charge in [-0.2, -0.15) is 0 Å². The first-order chi connectivity index (χ1) is 7.46. The van der Waals surface area contributed by atoms with Crippen molar-refractivity contribution in [3.05, 3.63) is 34.6 Å². The molecule has 0 aliphatic carbocycles. The second-order valence-corrected chi connectivity index (χ2v) is 4.37. The highest BCUT2D eigenvalue weighted by Gasteiger charge is 2.18. The Hall–Kier alpha value is -0.680. The van der Waals surface area contributed by atoms with Gasteiger partial charge in [0.2, 0.25) is 0 Å². The first-order valence-corrected chi connectivity index (χ1v) is 5.31. The van der Waals surface area contributed by atoms with E-state index < -0.39 is 5.60 Å². The summed E-state index contributed by atoms with van der Waals surface area (Å²) in [7, 11) is 0. The second kappa shape index (κ2) is 5.59. The fourth-order valence-corrected chi connectivity index (χ4v) is 1.44. The Kier molecular flexibility index (Phi) is 4.68. The maximum absolute atomic E-state index is 13.3. The van der Waals surface area contributed by atoms with Crippen LogP contribution in [-0.2, 0) is 6.54 Å². The predicted molar refractivity (Wildman–Crippen MR) is 60.8 cm³/mol. The minimum Gasteiger partial charge on any atom is -0.393 e. The number of nitrogens with one attached hydrogen (secondary N) is 1. The van der Waals surface area contributed by atoms with Crippen LogP contribution in [0, 0.1) is 5.82 Å². The topological polar surface area (TPSA) is 52.5 Å². The summed E-state index contributed by atoms with van der Waals surface area (Å²) in [6.07, 6.45) is 0. The summed E-state index contributed by atoms with van der Waals surface area (Å²) in [6.45, 7) is 1.50.